The van der Waals surface area contributed by atoms with Crippen LogP contribution in [0.15, 0.2) is 35.6 Å². The van der Waals surface area contributed by atoms with Crippen molar-refractivity contribution in [3.05, 3.63) is 41.2 Å². The molecule has 19 heavy (non-hydrogen) atoms. The maximum Gasteiger partial charge on any atom is 0.136 e. The van der Waals surface area contributed by atoms with Crippen LogP contribution < -0.4 is 10.1 Å². The number of rotatable bonds is 4. The summed E-state index contributed by atoms with van der Waals surface area (Å²) in [5, 5.41) is 3.37. The van der Waals surface area contributed by atoms with Crippen molar-refractivity contribution in [2.45, 2.75) is 32.3 Å². The molecular formula is C16H21NO2. The Hall–Kier alpha value is -1.48. The van der Waals surface area contributed by atoms with Crippen LogP contribution in [0.3, 0.4) is 0 Å². The summed E-state index contributed by atoms with van der Waals surface area (Å²) in [4.78, 5) is 0. The molecule has 1 aromatic rings. The second-order valence-electron chi connectivity index (χ2n) is 5.14. The summed E-state index contributed by atoms with van der Waals surface area (Å²) in [7, 11) is 0. The van der Waals surface area contributed by atoms with Crippen LogP contribution in [0.4, 0.5) is 0 Å². The molecule has 1 aromatic carbocycles. The van der Waals surface area contributed by atoms with Crippen LogP contribution in [0.2, 0.25) is 0 Å². The van der Waals surface area contributed by atoms with Gasteiger partial charge in [0.05, 0.1) is 13.2 Å². The second kappa shape index (κ2) is 5.66. The van der Waals surface area contributed by atoms with Crippen molar-refractivity contribution >= 4 is 0 Å². The Morgan fingerprint density at radius 2 is 2.26 bits per heavy atom. The van der Waals surface area contributed by atoms with Crippen LogP contribution in [0, 0.1) is 0 Å². The van der Waals surface area contributed by atoms with Crippen molar-refractivity contribution in [3.8, 4) is 5.75 Å². The minimum Gasteiger partial charge on any atom is -0.496 e. The van der Waals surface area contributed by atoms with Gasteiger partial charge in [0.25, 0.3) is 0 Å². The highest BCUT2D eigenvalue weighted by molar-refractivity contribution is 5.35. The highest BCUT2D eigenvalue weighted by Crippen LogP contribution is 2.29. The second-order valence-corrected chi connectivity index (χ2v) is 5.14. The lowest BCUT2D eigenvalue weighted by atomic mass is 10.0. The van der Waals surface area contributed by atoms with Gasteiger partial charge in [0.2, 0.25) is 0 Å². The monoisotopic (exact) mass is 259 g/mol. The Labute approximate surface area is 114 Å². The summed E-state index contributed by atoms with van der Waals surface area (Å²) < 4.78 is 11.9. The van der Waals surface area contributed by atoms with Crippen LogP contribution in [0.25, 0.3) is 0 Å². The van der Waals surface area contributed by atoms with E-state index in [9.17, 15) is 0 Å². The smallest absolute Gasteiger partial charge is 0.136 e. The lowest BCUT2D eigenvalue weighted by molar-refractivity contribution is 0.203. The molecule has 3 nitrogen and oxygen atoms in total. The van der Waals surface area contributed by atoms with Gasteiger partial charge in [-0.15, -0.1) is 0 Å². The molecule has 102 valence electrons. The molecule has 0 aromatic heterocycles. The molecule has 0 spiro atoms. The number of ether oxygens (including phenoxy) is 2. The fourth-order valence-electron chi connectivity index (χ4n) is 2.82. The van der Waals surface area contributed by atoms with Crippen LogP contribution >= 0.6 is 0 Å². The predicted molar refractivity (Wildman–Crippen MR) is 75.3 cm³/mol. The Morgan fingerprint density at radius 3 is 3.16 bits per heavy atom. The SMILES string of the molecule is CCCc1ccccc1OC1CNCC2=C1CCO2. The van der Waals surface area contributed by atoms with E-state index < -0.39 is 0 Å². The number of hydrogen-bond donors (Lipinski definition) is 1. The molecule has 0 amide bonds. The molecule has 2 aliphatic heterocycles. The van der Waals surface area contributed by atoms with E-state index in [4.69, 9.17) is 9.47 Å². The van der Waals surface area contributed by atoms with Crippen molar-refractivity contribution in [1.29, 1.82) is 0 Å². The molecule has 0 aliphatic carbocycles. The zero-order valence-corrected chi connectivity index (χ0v) is 11.4. The Bertz CT molecular complexity index is 481. The molecule has 3 heteroatoms. The number of nitrogens with one attached hydrogen (secondary N) is 1. The first-order valence-electron chi connectivity index (χ1n) is 7.18. The minimum absolute atomic E-state index is 0.129. The van der Waals surface area contributed by atoms with Crippen molar-refractivity contribution in [3.63, 3.8) is 0 Å². The highest BCUT2D eigenvalue weighted by Gasteiger charge is 2.29. The fourth-order valence-corrected chi connectivity index (χ4v) is 2.82. The zero-order valence-electron chi connectivity index (χ0n) is 11.4. The van der Waals surface area contributed by atoms with Gasteiger partial charge < -0.3 is 14.8 Å². The first kappa shape index (κ1) is 12.5. The molecule has 0 radical (unpaired) electrons. The number of para-hydroxylation sites is 1. The van der Waals surface area contributed by atoms with Crippen LogP contribution in [-0.2, 0) is 11.2 Å². The fraction of sp³-hybridized carbons (Fsp3) is 0.500. The van der Waals surface area contributed by atoms with Crippen LogP contribution in [-0.4, -0.2) is 25.8 Å². The van der Waals surface area contributed by atoms with Gasteiger partial charge >= 0.3 is 0 Å². The molecule has 0 saturated carbocycles. The zero-order chi connectivity index (χ0) is 13.1. The normalized spacial score (nSPS) is 22.1. The van der Waals surface area contributed by atoms with Crippen molar-refractivity contribution in [1.82, 2.24) is 5.32 Å². The van der Waals surface area contributed by atoms with E-state index in [0.717, 1.165) is 50.5 Å². The minimum atomic E-state index is 0.129. The van der Waals surface area contributed by atoms with Gasteiger partial charge in [0.1, 0.15) is 17.6 Å². The molecule has 1 N–H and O–H groups in total. The lowest BCUT2D eigenvalue weighted by Gasteiger charge is -2.26. The van der Waals surface area contributed by atoms with Gasteiger partial charge in [-0.3, -0.25) is 0 Å². The summed E-state index contributed by atoms with van der Waals surface area (Å²) in [5.74, 6) is 2.13. The Morgan fingerprint density at radius 1 is 1.37 bits per heavy atom. The van der Waals surface area contributed by atoms with E-state index in [2.05, 4.69) is 30.4 Å². The Balaban J connectivity index is 1.79. The molecule has 2 heterocycles. The van der Waals surface area contributed by atoms with E-state index in [1.54, 1.807) is 0 Å². The van der Waals surface area contributed by atoms with Gasteiger partial charge in [-0.05, 0) is 18.1 Å². The van der Waals surface area contributed by atoms with Crippen LogP contribution in [0.1, 0.15) is 25.3 Å². The van der Waals surface area contributed by atoms with Crippen molar-refractivity contribution < 1.29 is 9.47 Å². The summed E-state index contributed by atoms with van der Waals surface area (Å²) in [6.07, 6.45) is 3.35. The average molecular weight is 259 g/mol. The maximum absolute atomic E-state index is 6.25. The first-order chi connectivity index (χ1) is 9.38. The molecule has 1 unspecified atom stereocenters. The molecule has 2 aliphatic rings. The van der Waals surface area contributed by atoms with Gasteiger partial charge in [0, 0.05) is 18.5 Å². The van der Waals surface area contributed by atoms with Gasteiger partial charge in [-0.2, -0.15) is 0 Å². The molecule has 3 rings (SSSR count). The average Bonchev–Trinajstić information content (AvgIpc) is 2.91. The topological polar surface area (TPSA) is 30.5 Å². The van der Waals surface area contributed by atoms with E-state index in [0.29, 0.717) is 0 Å². The molecule has 0 saturated heterocycles. The molecule has 1 atom stereocenters. The highest BCUT2D eigenvalue weighted by atomic mass is 16.5. The van der Waals surface area contributed by atoms with E-state index in [1.165, 1.54) is 11.1 Å². The van der Waals surface area contributed by atoms with Crippen molar-refractivity contribution in [2.24, 2.45) is 0 Å². The molecule has 0 fully saturated rings. The molecular weight excluding hydrogens is 238 g/mol. The quantitative estimate of drug-likeness (QED) is 0.901. The number of aryl methyl sites for hydroxylation is 1. The first-order valence-corrected chi connectivity index (χ1v) is 7.18. The maximum atomic E-state index is 6.25. The molecule has 0 bridgehead atoms. The van der Waals surface area contributed by atoms with Crippen molar-refractivity contribution in [2.75, 3.05) is 19.7 Å². The summed E-state index contributed by atoms with van der Waals surface area (Å²) in [5.41, 5.74) is 2.65. The third-order valence-corrected chi connectivity index (χ3v) is 3.77. The Kier molecular flexibility index (Phi) is 3.74. The third-order valence-electron chi connectivity index (χ3n) is 3.77. The lowest BCUT2D eigenvalue weighted by Crippen LogP contribution is -2.38. The van der Waals surface area contributed by atoms with Crippen LogP contribution in [0.5, 0.6) is 5.75 Å². The van der Waals surface area contributed by atoms with E-state index in [-0.39, 0.29) is 6.10 Å². The van der Waals surface area contributed by atoms with E-state index in [1.807, 2.05) is 6.07 Å². The van der Waals surface area contributed by atoms with E-state index >= 15 is 0 Å². The largest absolute Gasteiger partial charge is 0.496 e. The summed E-state index contributed by atoms with van der Waals surface area (Å²) >= 11 is 0. The number of benzene rings is 1. The summed E-state index contributed by atoms with van der Waals surface area (Å²) in [6.45, 7) is 4.74. The van der Waals surface area contributed by atoms with Gasteiger partial charge in [0.15, 0.2) is 0 Å². The third kappa shape index (κ3) is 2.61. The number of hydrogen-bond acceptors (Lipinski definition) is 3. The standard InChI is InChI=1S/C16H21NO2/c1-2-5-12-6-3-4-7-14(12)19-16-11-17-10-15-13(16)8-9-18-15/h3-4,6-7,16-17H,2,5,8-11H2,1H3. The van der Waals surface area contributed by atoms with Gasteiger partial charge in [-0.25, -0.2) is 0 Å². The van der Waals surface area contributed by atoms with Gasteiger partial charge in [-0.1, -0.05) is 31.5 Å². The summed E-state index contributed by atoms with van der Waals surface area (Å²) in [6, 6.07) is 8.37. The predicted octanol–water partition coefficient (Wildman–Crippen LogP) is 2.66.